The van der Waals surface area contributed by atoms with Gasteiger partial charge in [-0.05, 0) is 23.8 Å². The summed E-state index contributed by atoms with van der Waals surface area (Å²) in [6.45, 7) is 0.439. The number of rotatable bonds is 4. The zero-order valence-corrected chi connectivity index (χ0v) is 12.2. The van der Waals surface area contributed by atoms with E-state index in [0.29, 0.717) is 12.1 Å². The number of nitrogens with zero attached hydrogens (tertiary/aromatic N) is 3. The molecule has 3 aromatic rings. The maximum atomic E-state index is 12.0. The van der Waals surface area contributed by atoms with Crippen LogP contribution in [0.25, 0.3) is 11.1 Å². The first kappa shape index (κ1) is 14.0. The van der Waals surface area contributed by atoms with Gasteiger partial charge in [0, 0.05) is 48.9 Å². The van der Waals surface area contributed by atoms with E-state index in [4.69, 9.17) is 0 Å². The van der Waals surface area contributed by atoms with Crippen LogP contribution in [0.3, 0.4) is 0 Å². The number of carbonyl (C=O) groups excluding carboxylic acids is 1. The summed E-state index contributed by atoms with van der Waals surface area (Å²) in [5.74, 6) is -0.0904. The minimum atomic E-state index is -0.0904. The van der Waals surface area contributed by atoms with Crippen molar-refractivity contribution >= 4 is 5.91 Å². The van der Waals surface area contributed by atoms with Gasteiger partial charge in [-0.1, -0.05) is 18.2 Å². The highest BCUT2D eigenvalue weighted by molar-refractivity contribution is 5.94. The molecule has 110 valence electrons. The van der Waals surface area contributed by atoms with Crippen LogP contribution in [0.4, 0.5) is 0 Å². The van der Waals surface area contributed by atoms with E-state index >= 15 is 0 Å². The molecule has 0 saturated carbocycles. The van der Waals surface area contributed by atoms with Crippen molar-refractivity contribution in [1.82, 2.24) is 20.1 Å². The van der Waals surface area contributed by atoms with Gasteiger partial charge < -0.3 is 5.32 Å². The normalized spacial score (nSPS) is 10.4. The summed E-state index contributed by atoms with van der Waals surface area (Å²) in [4.78, 5) is 16.3. The summed E-state index contributed by atoms with van der Waals surface area (Å²) >= 11 is 0. The van der Waals surface area contributed by atoms with Crippen molar-refractivity contribution in [2.45, 2.75) is 6.54 Å². The van der Waals surface area contributed by atoms with E-state index in [9.17, 15) is 4.79 Å². The van der Waals surface area contributed by atoms with Crippen molar-refractivity contribution < 1.29 is 4.79 Å². The number of nitrogens with one attached hydrogen (secondary N) is 1. The minimum absolute atomic E-state index is 0.0904. The molecule has 1 aromatic carbocycles. The fourth-order valence-corrected chi connectivity index (χ4v) is 2.19. The van der Waals surface area contributed by atoms with Crippen LogP contribution < -0.4 is 5.32 Å². The molecule has 22 heavy (non-hydrogen) atoms. The van der Waals surface area contributed by atoms with Gasteiger partial charge in [-0.25, -0.2) is 0 Å². The number of aryl methyl sites for hydroxylation is 1. The van der Waals surface area contributed by atoms with Crippen molar-refractivity contribution in [3.05, 3.63) is 72.3 Å². The molecular formula is C17H16N4O. The monoisotopic (exact) mass is 292 g/mol. The van der Waals surface area contributed by atoms with Crippen LogP contribution >= 0.6 is 0 Å². The number of benzene rings is 1. The molecule has 0 radical (unpaired) electrons. The first-order valence-corrected chi connectivity index (χ1v) is 6.98. The molecule has 3 rings (SSSR count). The SMILES string of the molecule is Cn1cc(-c2cncc(CNC(=O)c3ccccc3)c2)cn1. The molecule has 2 heterocycles. The Bertz CT molecular complexity index is 780. The summed E-state index contributed by atoms with van der Waals surface area (Å²) in [6, 6.07) is 11.2. The maximum Gasteiger partial charge on any atom is 0.251 e. The highest BCUT2D eigenvalue weighted by atomic mass is 16.1. The summed E-state index contributed by atoms with van der Waals surface area (Å²) < 4.78 is 1.75. The summed E-state index contributed by atoms with van der Waals surface area (Å²) in [7, 11) is 1.88. The molecule has 0 spiro atoms. The third-order valence-corrected chi connectivity index (χ3v) is 3.32. The quantitative estimate of drug-likeness (QED) is 0.803. The van der Waals surface area contributed by atoms with Crippen molar-refractivity contribution in [3.8, 4) is 11.1 Å². The van der Waals surface area contributed by atoms with Crippen molar-refractivity contribution in [1.29, 1.82) is 0 Å². The smallest absolute Gasteiger partial charge is 0.251 e. The predicted molar refractivity (Wildman–Crippen MR) is 84.1 cm³/mol. The first-order chi connectivity index (χ1) is 10.7. The second-order valence-electron chi connectivity index (χ2n) is 5.03. The highest BCUT2D eigenvalue weighted by Gasteiger charge is 2.06. The number of carbonyl (C=O) groups is 1. The lowest BCUT2D eigenvalue weighted by atomic mass is 10.1. The lowest BCUT2D eigenvalue weighted by molar-refractivity contribution is 0.0951. The van der Waals surface area contributed by atoms with E-state index in [1.807, 2.05) is 37.5 Å². The van der Waals surface area contributed by atoms with Crippen LogP contribution in [0.15, 0.2) is 61.2 Å². The first-order valence-electron chi connectivity index (χ1n) is 6.98. The van der Waals surface area contributed by atoms with E-state index in [0.717, 1.165) is 16.7 Å². The molecule has 0 aliphatic heterocycles. The minimum Gasteiger partial charge on any atom is -0.348 e. The van der Waals surface area contributed by atoms with E-state index < -0.39 is 0 Å². The third-order valence-electron chi connectivity index (χ3n) is 3.32. The van der Waals surface area contributed by atoms with E-state index in [-0.39, 0.29) is 5.91 Å². The molecule has 0 unspecified atom stereocenters. The second kappa shape index (κ2) is 6.22. The molecule has 0 fully saturated rings. The molecular weight excluding hydrogens is 276 g/mol. The number of pyridine rings is 1. The molecule has 1 amide bonds. The molecule has 0 saturated heterocycles. The molecule has 0 aliphatic carbocycles. The maximum absolute atomic E-state index is 12.0. The van der Waals surface area contributed by atoms with Crippen LogP contribution in [0.2, 0.25) is 0 Å². The number of amides is 1. The lowest BCUT2D eigenvalue weighted by Gasteiger charge is -2.06. The van der Waals surface area contributed by atoms with Gasteiger partial charge in [0.25, 0.3) is 5.91 Å². The Kier molecular flexibility index (Phi) is 3.96. The van der Waals surface area contributed by atoms with Crippen LogP contribution in [-0.2, 0) is 13.6 Å². The van der Waals surface area contributed by atoms with Gasteiger partial charge in [0.15, 0.2) is 0 Å². The Labute approximate surface area is 128 Å². The zero-order valence-electron chi connectivity index (χ0n) is 12.2. The Hall–Kier alpha value is -2.95. The lowest BCUT2D eigenvalue weighted by Crippen LogP contribution is -2.22. The largest absolute Gasteiger partial charge is 0.348 e. The van der Waals surface area contributed by atoms with Gasteiger partial charge in [-0.2, -0.15) is 5.10 Å². The van der Waals surface area contributed by atoms with Gasteiger partial charge in [-0.3, -0.25) is 14.5 Å². The average Bonchev–Trinajstić information content (AvgIpc) is 3.00. The summed E-state index contributed by atoms with van der Waals surface area (Å²) in [6.07, 6.45) is 7.28. The van der Waals surface area contributed by atoms with Crippen LogP contribution in [-0.4, -0.2) is 20.7 Å². The molecule has 5 nitrogen and oxygen atoms in total. The molecule has 0 bridgehead atoms. The van der Waals surface area contributed by atoms with Crippen molar-refractivity contribution in [2.75, 3.05) is 0 Å². The fourth-order valence-electron chi connectivity index (χ4n) is 2.19. The number of hydrogen-bond donors (Lipinski definition) is 1. The van der Waals surface area contributed by atoms with Gasteiger partial charge in [0.2, 0.25) is 0 Å². The average molecular weight is 292 g/mol. The topological polar surface area (TPSA) is 59.8 Å². The third kappa shape index (κ3) is 3.20. The van der Waals surface area contributed by atoms with Crippen LogP contribution in [0.5, 0.6) is 0 Å². The molecule has 1 N–H and O–H groups in total. The molecule has 0 aliphatic rings. The van der Waals surface area contributed by atoms with Gasteiger partial charge in [0.05, 0.1) is 6.20 Å². The Morgan fingerprint density at radius 2 is 1.95 bits per heavy atom. The van der Waals surface area contributed by atoms with Crippen molar-refractivity contribution in [3.63, 3.8) is 0 Å². The molecule has 0 atom stereocenters. The van der Waals surface area contributed by atoms with Crippen LogP contribution in [0, 0.1) is 0 Å². The Morgan fingerprint density at radius 3 is 2.68 bits per heavy atom. The fraction of sp³-hybridized carbons (Fsp3) is 0.118. The number of aromatic nitrogens is 3. The predicted octanol–water partition coefficient (Wildman–Crippen LogP) is 2.41. The van der Waals surface area contributed by atoms with Gasteiger partial charge in [-0.15, -0.1) is 0 Å². The second-order valence-corrected chi connectivity index (χ2v) is 5.03. The standard InChI is InChI=1S/C17H16N4O/c1-21-12-16(11-20-21)15-7-13(8-18-10-15)9-19-17(22)14-5-3-2-4-6-14/h2-8,10-12H,9H2,1H3,(H,19,22). The Morgan fingerprint density at radius 1 is 1.14 bits per heavy atom. The summed E-state index contributed by atoms with van der Waals surface area (Å²) in [5, 5.41) is 7.06. The Balaban J connectivity index is 1.70. The van der Waals surface area contributed by atoms with E-state index in [1.54, 1.807) is 35.4 Å². The molecule has 5 heteroatoms. The zero-order chi connectivity index (χ0) is 15.4. The van der Waals surface area contributed by atoms with E-state index in [2.05, 4.69) is 15.4 Å². The van der Waals surface area contributed by atoms with Gasteiger partial charge >= 0.3 is 0 Å². The van der Waals surface area contributed by atoms with Gasteiger partial charge in [0.1, 0.15) is 0 Å². The van der Waals surface area contributed by atoms with Crippen LogP contribution in [0.1, 0.15) is 15.9 Å². The van der Waals surface area contributed by atoms with E-state index in [1.165, 1.54) is 0 Å². The molecule has 2 aromatic heterocycles. The van der Waals surface area contributed by atoms with Crippen molar-refractivity contribution in [2.24, 2.45) is 7.05 Å². The number of hydrogen-bond acceptors (Lipinski definition) is 3. The highest BCUT2D eigenvalue weighted by Crippen LogP contribution is 2.18. The summed E-state index contributed by atoms with van der Waals surface area (Å²) in [5.41, 5.74) is 3.59.